The van der Waals surface area contributed by atoms with E-state index in [0.717, 1.165) is 12.8 Å². The fourth-order valence-electron chi connectivity index (χ4n) is 2.10. The molecule has 1 N–H and O–H groups in total. The van der Waals surface area contributed by atoms with E-state index in [1.165, 1.54) is 0 Å². The summed E-state index contributed by atoms with van der Waals surface area (Å²) < 4.78 is 5.33. The van der Waals surface area contributed by atoms with Crippen molar-refractivity contribution in [1.82, 2.24) is 4.90 Å². The van der Waals surface area contributed by atoms with E-state index in [2.05, 4.69) is 5.32 Å². The minimum absolute atomic E-state index is 0.0549. The van der Waals surface area contributed by atoms with Crippen molar-refractivity contribution in [2.75, 3.05) is 25.5 Å². The maximum absolute atomic E-state index is 12.1. The molecule has 20 heavy (non-hydrogen) atoms. The van der Waals surface area contributed by atoms with Crippen LogP contribution in [0.15, 0.2) is 24.3 Å². The van der Waals surface area contributed by atoms with Gasteiger partial charge in [0.15, 0.2) is 0 Å². The molecule has 0 radical (unpaired) electrons. The first-order chi connectivity index (χ1) is 9.61. The topological polar surface area (TPSA) is 58.6 Å². The van der Waals surface area contributed by atoms with Crippen molar-refractivity contribution in [3.8, 4) is 0 Å². The quantitative estimate of drug-likeness (QED) is 0.913. The molecule has 1 saturated heterocycles. The molecule has 1 atom stereocenters. The zero-order chi connectivity index (χ0) is 14.5. The summed E-state index contributed by atoms with van der Waals surface area (Å²) in [5.74, 6) is -0.198. The molecule has 0 aliphatic carbocycles. The number of ether oxygens (including phenoxy) is 1. The lowest BCUT2D eigenvalue weighted by Gasteiger charge is -2.15. The number of anilines is 1. The first kappa shape index (κ1) is 14.5. The van der Waals surface area contributed by atoms with Gasteiger partial charge in [0.2, 0.25) is 0 Å². The van der Waals surface area contributed by atoms with Gasteiger partial charge in [-0.2, -0.15) is 0 Å². The average Bonchev–Trinajstić information content (AvgIpc) is 3.00. The van der Waals surface area contributed by atoms with Crippen LogP contribution in [-0.4, -0.2) is 43.0 Å². The van der Waals surface area contributed by atoms with Gasteiger partial charge in [0.05, 0.1) is 0 Å². The van der Waals surface area contributed by atoms with E-state index in [-0.39, 0.29) is 17.9 Å². The zero-order valence-corrected chi connectivity index (χ0v) is 11.9. The Labute approximate surface area is 118 Å². The van der Waals surface area contributed by atoms with Gasteiger partial charge in [-0.1, -0.05) is 6.07 Å². The number of hydrogen-bond acceptors (Lipinski definition) is 3. The Bertz CT molecular complexity index is 496. The highest BCUT2D eigenvalue weighted by Crippen LogP contribution is 2.16. The standard InChI is InChI=1S/C15H20N2O3/c1-3-17(2)15(19)11-6-4-7-12(10-11)16-14(18)13-8-5-9-20-13/h4,6-7,10,13H,3,5,8-9H2,1-2H3,(H,16,18). The van der Waals surface area contributed by atoms with Crippen LogP contribution in [0.25, 0.3) is 0 Å². The van der Waals surface area contributed by atoms with Crippen LogP contribution >= 0.6 is 0 Å². The first-order valence-corrected chi connectivity index (χ1v) is 6.90. The maximum atomic E-state index is 12.1. The van der Waals surface area contributed by atoms with Crippen LogP contribution in [0.2, 0.25) is 0 Å². The van der Waals surface area contributed by atoms with Crippen molar-refractivity contribution in [2.24, 2.45) is 0 Å². The minimum Gasteiger partial charge on any atom is -0.368 e. The number of rotatable bonds is 4. The summed E-state index contributed by atoms with van der Waals surface area (Å²) in [6.07, 6.45) is 1.30. The Morgan fingerprint density at radius 1 is 1.45 bits per heavy atom. The summed E-state index contributed by atoms with van der Waals surface area (Å²) in [5.41, 5.74) is 1.19. The zero-order valence-electron chi connectivity index (χ0n) is 11.9. The van der Waals surface area contributed by atoms with Gasteiger partial charge in [-0.25, -0.2) is 0 Å². The second-order valence-electron chi connectivity index (χ2n) is 4.89. The molecule has 5 heteroatoms. The van der Waals surface area contributed by atoms with Gasteiger partial charge >= 0.3 is 0 Å². The van der Waals surface area contributed by atoms with Crippen molar-refractivity contribution in [1.29, 1.82) is 0 Å². The van der Waals surface area contributed by atoms with Crippen molar-refractivity contribution in [3.63, 3.8) is 0 Å². The lowest BCUT2D eigenvalue weighted by molar-refractivity contribution is -0.124. The van der Waals surface area contributed by atoms with Crippen LogP contribution in [0, 0.1) is 0 Å². The lowest BCUT2D eigenvalue weighted by Crippen LogP contribution is -2.28. The Kier molecular flexibility index (Phi) is 4.74. The molecule has 1 aliphatic rings. The number of benzene rings is 1. The number of carbonyl (C=O) groups excluding carboxylic acids is 2. The predicted octanol–water partition coefficient (Wildman–Crippen LogP) is 1.90. The maximum Gasteiger partial charge on any atom is 0.253 e. The third kappa shape index (κ3) is 3.36. The molecule has 0 saturated carbocycles. The van der Waals surface area contributed by atoms with Crippen LogP contribution in [0.5, 0.6) is 0 Å². The molecule has 0 spiro atoms. The van der Waals surface area contributed by atoms with E-state index in [0.29, 0.717) is 24.4 Å². The van der Waals surface area contributed by atoms with Crippen LogP contribution in [0.4, 0.5) is 5.69 Å². The Balaban J connectivity index is 2.05. The second-order valence-corrected chi connectivity index (χ2v) is 4.89. The summed E-state index contributed by atoms with van der Waals surface area (Å²) >= 11 is 0. The highest BCUT2D eigenvalue weighted by molar-refractivity contribution is 5.98. The SMILES string of the molecule is CCN(C)C(=O)c1cccc(NC(=O)C2CCCO2)c1. The van der Waals surface area contributed by atoms with E-state index in [9.17, 15) is 9.59 Å². The van der Waals surface area contributed by atoms with Crippen molar-refractivity contribution in [2.45, 2.75) is 25.9 Å². The molecular formula is C15H20N2O3. The molecule has 1 aliphatic heterocycles. The molecule has 2 rings (SSSR count). The minimum atomic E-state index is -0.368. The van der Waals surface area contributed by atoms with Gasteiger partial charge < -0.3 is 15.0 Å². The molecule has 1 unspecified atom stereocenters. The van der Waals surface area contributed by atoms with E-state index >= 15 is 0 Å². The average molecular weight is 276 g/mol. The molecule has 1 aromatic carbocycles. The Hall–Kier alpha value is -1.88. The predicted molar refractivity (Wildman–Crippen MR) is 76.7 cm³/mol. The van der Waals surface area contributed by atoms with E-state index < -0.39 is 0 Å². The van der Waals surface area contributed by atoms with Crippen LogP contribution in [0.1, 0.15) is 30.1 Å². The number of nitrogens with zero attached hydrogens (tertiary/aromatic N) is 1. The van der Waals surface area contributed by atoms with Crippen molar-refractivity contribution < 1.29 is 14.3 Å². The molecule has 5 nitrogen and oxygen atoms in total. The highest BCUT2D eigenvalue weighted by Gasteiger charge is 2.23. The summed E-state index contributed by atoms with van der Waals surface area (Å²) in [5, 5.41) is 2.80. The molecule has 1 heterocycles. The molecule has 2 amide bonds. The molecule has 108 valence electrons. The third-order valence-corrected chi connectivity index (χ3v) is 3.42. The Morgan fingerprint density at radius 3 is 2.90 bits per heavy atom. The fourth-order valence-corrected chi connectivity index (χ4v) is 2.10. The molecule has 0 bridgehead atoms. The van der Waals surface area contributed by atoms with Crippen LogP contribution in [0.3, 0.4) is 0 Å². The number of carbonyl (C=O) groups is 2. The third-order valence-electron chi connectivity index (χ3n) is 3.42. The number of hydrogen-bond donors (Lipinski definition) is 1. The van der Waals surface area contributed by atoms with Gasteiger partial charge in [-0.05, 0) is 38.0 Å². The normalized spacial score (nSPS) is 17.8. The van der Waals surface area contributed by atoms with Gasteiger partial charge in [0.25, 0.3) is 11.8 Å². The van der Waals surface area contributed by atoms with Crippen molar-refractivity contribution in [3.05, 3.63) is 29.8 Å². The number of amides is 2. The van der Waals surface area contributed by atoms with Gasteiger partial charge in [-0.3, -0.25) is 9.59 Å². The Morgan fingerprint density at radius 2 is 2.25 bits per heavy atom. The molecule has 1 aromatic rings. The molecule has 1 fully saturated rings. The van der Waals surface area contributed by atoms with Crippen molar-refractivity contribution >= 4 is 17.5 Å². The van der Waals surface area contributed by atoms with Gasteiger partial charge in [0, 0.05) is 31.5 Å². The second kappa shape index (κ2) is 6.52. The van der Waals surface area contributed by atoms with Gasteiger partial charge in [-0.15, -0.1) is 0 Å². The summed E-state index contributed by atoms with van der Waals surface area (Å²) in [7, 11) is 1.75. The summed E-state index contributed by atoms with van der Waals surface area (Å²) in [6.45, 7) is 3.20. The van der Waals surface area contributed by atoms with Gasteiger partial charge in [0.1, 0.15) is 6.10 Å². The summed E-state index contributed by atoms with van der Waals surface area (Å²) in [6, 6.07) is 6.98. The highest BCUT2D eigenvalue weighted by atomic mass is 16.5. The molecule has 0 aromatic heterocycles. The monoisotopic (exact) mass is 276 g/mol. The smallest absolute Gasteiger partial charge is 0.253 e. The van der Waals surface area contributed by atoms with E-state index in [1.807, 2.05) is 6.92 Å². The van der Waals surface area contributed by atoms with Crippen LogP contribution in [-0.2, 0) is 9.53 Å². The fraction of sp³-hybridized carbons (Fsp3) is 0.467. The van der Waals surface area contributed by atoms with E-state index in [4.69, 9.17) is 4.74 Å². The first-order valence-electron chi connectivity index (χ1n) is 6.90. The summed E-state index contributed by atoms with van der Waals surface area (Å²) in [4.78, 5) is 25.6. The number of nitrogens with one attached hydrogen (secondary N) is 1. The van der Waals surface area contributed by atoms with E-state index in [1.54, 1.807) is 36.2 Å². The molecular weight excluding hydrogens is 256 g/mol. The van der Waals surface area contributed by atoms with Crippen LogP contribution < -0.4 is 5.32 Å². The lowest BCUT2D eigenvalue weighted by atomic mass is 10.1. The largest absolute Gasteiger partial charge is 0.368 e.